The monoisotopic (exact) mass is 484 g/mol. The van der Waals surface area contributed by atoms with Crippen molar-refractivity contribution in [3.63, 3.8) is 0 Å². The summed E-state index contributed by atoms with van der Waals surface area (Å²) in [6.45, 7) is 0.763. The Balaban J connectivity index is 1.18. The topological polar surface area (TPSA) is 66.5 Å². The number of halogens is 2. The third-order valence-corrected chi connectivity index (χ3v) is 10.4. The quantitative estimate of drug-likeness (QED) is 0.662. The number of rotatable bonds is 5. The molecule has 0 radical (unpaired) electrons. The highest BCUT2D eigenvalue weighted by Crippen LogP contribution is 2.55. The van der Waals surface area contributed by atoms with Crippen LogP contribution in [0, 0.1) is 23.7 Å². The minimum Gasteiger partial charge on any atom is -0.350 e. The number of sulfonamides is 1. The molecule has 0 unspecified atom stereocenters. The van der Waals surface area contributed by atoms with Gasteiger partial charge in [0, 0.05) is 34.6 Å². The minimum atomic E-state index is -3.49. The fourth-order valence-electron chi connectivity index (χ4n) is 6.95. The Bertz CT molecular complexity index is 938. The van der Waals surface area contributed by atoms with E-state index >= 15 is 0 Å². The van der Waals surface area contributed by atoms with Gasteiger partial charge in [-0.1, -0.05) is 29.3 Å². The van der Waals surface area contributed by atoms with Gasteiger partial charge in [-0.15, -0.1) is 0 Å². The predicted molar refractivity (Wildman–Crippen MR) is 122 cm³/mol. The smallest absolute Gasteiger partial charge is 0.223 e. The van der Waals surface area contributed by atoms with E-state index in [0.717, 1.165) is 37.0 Å². The van der Waals surface area contributed by atoms with Gasteiger partial charge in [-0.25, -0.2) is 12.7 Å². The highest BCUT2D eigenvalue weighted by Gasteiger charge is 2.52. The molecule has 1 aromatic rings. The van der Waals surface area contributed by atoms with Crippen molar-refractivity contribution in [2.75, 3.05) is 13.1 Å². The Morgan fingerprint density at radius 3 is 2.16 bits per heavy atom. The highest BCUT2D eigenvalue weighted by molar-refractivity contribution is 7.88. The molecule has 4 bridgehead atoms. The number of benzene rings is 1. The van der Waals surface area contributed by atoms with Crippen molar-refractivity contribution in [2.45, 2.75) is 62.7 Å². The molecule has 1 heterocycles. The maximum atomic E-state index is 13.1. The zero-order valence-corrected chi connectivity index (χ0v) is 20.0. The van der Waals surface area contributed by atoms with E-state index in [1.54, 1.807) is 18.2 Å². The maximum absolute atomic E-state index is 13.1. The zero-order valence-electron chi connectivity index (χ0n) is 17.7. The molecule has 31 heavy (non-hydrogen) atoms. The Kier molecular flexibility index (Phi) is 5.81. The van der Waals surface area contributed by atoms with Crippen molar-refractivity contribution in [2.24, 2.45) is 23.7 Å². The van der Waals surface area contributed by atoms with Gasteiger partial charge in [-0.05, 0) is 86.8 Å². The molecule has 1 saturated heterocycles. The second kappa shape index (κ2) is 8.19. The van der Waals surface area contributed by atoms with E-state index in [9.17, 15) is 13.2 Å². The van der Waals surface area contributed by atoms with Crippen LogP contribution in [0.1, 0.15) is 56.9 Å². The molecule has 1 aliphatic heterocycles. The molecule has 5 aliphatic rings. The molecule has 4 saturated carbocycles. The van der Waals surface area contributed by atoms with E-state index in [1.165, 1.54) is 23.6 Å². The molecule has 170 valence electrons. The van der Waals surface area contributed by atoms with Gasteiger partial charge in [0.1, 0.15) is 0 Å². The van der Waals surface area contributed by atoms with E-state index in [-0.39, 0.29) is 23.1 Å². The molecular formula is C23H30Cl2N2O3S. The number of carbonyl (C=O) groups is 1. The summed E-state index contributed by atoms with van der Waals surface area (Å²) in [6, 6.07) is 4.88. The lowest BCUT2D eigenvalue weighted by atomic mass is 9.53. The first-order chi connectivity index (χ1) is 14.7. The fourth-order valence-corrected chi connectivity index (χ4v) is 9.10. The summed E-state index contributed by atoms with van der Waals surface area (Å²) in [6.07, 6.45) is 8.62. The normalized spacial score (nSPS) is 33.5. The van der Waals surface area contributed by atoms with E-state index < -0.39 is 10.0 Å². The number of carbonyl (C=O) groups excluding carboxylic acids is 1. The lowest BCUT2D eigenvalue weighted by molar-refractivity contribution is -0.132. The van der Waals surface area contributed by atoms with Gasteiger partial charge < -0.3 is 5.32 Å². The third kappa shape index (κ3) is 4.50. The largest absolute Gasteiger partial charge is 0.350 e. The summed E-state index contributed by atoms with van der Waals surface area (Å²) >= 11 is 12.1. The van der Waals surface area contributed by atoms with Crippen molar-refractivity contribution in [3.05, 3.63) is 33.8 Å². The summed E-state index contributed by atoms with van der Waals surface area (Å²) in [5.41, 5.74) is 0.563. The molecular weight excluding hydrogens is 455 g/mol. The standard InChI is InChI=1S/C23H30Cl2N2O3S/c24-20-2-1-19(21(25)10-20)14-31(29,30)27-5-3-18(4-6-27)22(28)26-23-11-15-7-16(12-23)9-17(8-15)13-23/h1-2,10,15-18H,3-9,11-14H2,(H,26,28). The Morgan fingerprint density at radius 2 is 1.61 bits per heavy atom. The van der Waals surface area contributed by atoms with Crippen LogP contribution in [-0.2, 0) is 20.6 Å². The third-order valence-electron chi connectivity index (χ3n) is 8.00. The van der Waals surface area contributed by atoms with E-state index in [4.69, 9.17) is 23.2 Å². The molecule has 6 rings (SSSR count). The number of hydrogen-bond donors (Lipinski definition) is 1. The zero-order chi connectivity index (χ0) is 21.8. The second-order valence-electron chi connectivity index (χ2n) is 10.4. The minimum absolute atomic E-state index is 0.0143. The molecule has 0 spiro atoms. The van der Waals surface area contributed by atoms with Gasteiger partial charge >= 0.3 is 0 Å². The molecule has 1 N–H and O–H groups in total. The first-order valence-corrected chi connectivity index (χ1v) is 13.8. The van der Waals surface area contributed by atoms with Crippen molar-refractivity contribution in [3.8, 4) is 0 Å². The van der Waals surface area contributed by atoms with Crippen LogP contribution in [0.5, 0.6) is 0 Å². The Labute approximate surface area is 194 Å². The average Bonchev–Trinajstić information content (AvgIpc) is 2.69. The van der Waals surface area contributed by atoms with Crippen molar-refractivity contribution < 1.29 is 13.2 Å². The van der Waals surface area contributed by atoms with Crippen LogP contribution in [0.3, 0.4) is 0 Å². The summed E-state index contributed by atoms with van der Waals surface area (Å²) in [5.74, 6) is 2.26. The number of amides is 1. The predicted octanol–water partition coefficient (Wildman–Crippen LogP) is 4.62. The number of piperidine rings is 1. The SMILES string of the molecule is O=C(NC12CC3CC(CC(C3)C1)C2)C1CCN(S(=O)(=O)Cc2ccc(Cl)cc2Cl)CC1. The number of nitrogens with zero attached hydrogens (tertiary/aromatic N) is 1. The molecule has 1 amide bonds. The summed E-state index contributed by atoms with van der Waals surface area (Å²) in [4.78, 5) is 13.1. The van der Waals surface area contributed by atoms with E-state index in [0.29, 0.717) is 41.5 Å². The fraction of sp³-hybridized carbons (Fsp3) is 0.696. The second-order valence-corrected chi connectivity index (χ2v) is 13.2. The summed E-state index contributed by atoms with van der Waals surface area (Å²) in [7, 11) is -3.49. The van der Waals surface area contributed by atoms with Gasteiger partial charge in [0.15, 0.2) is 0 Å². The van der Waals surface area contributed by atoms with Gasteiger partial charge in [0.05, 0.1) is 5.75 Å². The molecule has 1 aromatic carbocycles. The van der Waals surface area contributed by atoms with E-state index in [1.807, 2.05) is 0 Å². The summed E-state index contributed by atoms with van der Waals surface area (Å²) < 4.78 is 27.3. The molecule has 4 aliphatic carbocycles. The highest BCUT2D eigenvalue weighted by atomic mass is 35.5. The Hall–Kier alpha value is -0.820. The first kappa shape index (κ1) is 22.0. The lowest BCUT2D eigenvalue weighted by Gasteiger charge is -2.57. The lowest BCUT2D eigenvalue weighted by Crippen LogP contribution is -2.61. The molecule has 5 nitrogen and oxygen atoms in total. The number of hydrogen-bond acceptors (Lipinski definition) is 3. The molecule has 8 heteroatoms. The van der Waals surface area contributed by atoms with Gasteiger partial charge in [0.2, 0.25) is 15.9 Å². The molecule has 5 fully saturated rings. The summed E-state index contributed by atoms with van der Waals surface area (Å²) in [5, 5.41) is 4.31. The van der Waals surface area contributed by atoms with Crippen LogP contribution in [0.2, 0.25) is 10.0 Å². The maximum Gasteiger partial charge on any atom is 0.223 e. The van der Waals surface area contributed by atoms with Crippen molar-refractivity contribution in [1.82, 2.24) is 9.62 Å². The average molecular weight is 485 g/mol. The first-order valence-electron chi connectivity index (χ1n) is 11.5. The van der Waals surface area contributed by atoms with Crippen LogP contribution in [-0.4, -0.2) is 37.3 Å². The van der Waals surface area contributed by atoms with Crippen LogP contribution < -0.4 is 5.32 Å². The van der Waals surface area contributed by atoms with Crippen molar-refractivity contribution in [1.29, 1.82) is 0 Å². The molecule has 0 atom stereocenters. The molecule has 0 aromatic heterocycles. The van der Waals surface area contributed by atoms with Gasteiger partial charge in [-0.2, -0.15) is 0 Å². The number of nitrogens with one attached hydrogen (secondary N) is 1. The van der Waals surface area contributed by atoms with Crippen LogP contribution >= 0.6 is 23.2 Å². The van der Waals surface area contributed by atoms with E-state index in [2.05, 4.69) is 5.32 Å². The van der Waals surface area contributed by atoms with Gasteiger partial charge in [-0.3, -0.25) is 4.79 Å². The van der Waals surface area contributed by atoms with Crippen molar-refractivity contribution >= 4 is 39.1 Å². The van der Waals surface area contributed by atoms with Crippen LogP contribution in [0.25, 0.3) is 0 Å². The van der Waals surface area contributed by atoms with Gasteiger partial charge in [0.25, 0.3) is 0 Å². The van der Waals surface area contributed by atoms with Crippen LogP contribution in [0.4, 0.5) is 0 Å². The van der Waals surface area contributed by atoms with Crippen LogP contribution in [0.15, 0.2) is 18.2 Å². The Morgan fingerprint density at radius 1 is 1.03 bits per heavy atom.